The fourth-order valence-corrected chi connectivity index (χ4v) is 9.23. The Morgan fingerprint density at radius 3 is 2.33 bits per heavy atom. The first-order valence-corrected chi connectivity index (χ1v) is 22.2. The van der Waals surface area contributed by atoms with E-state index in [-0.39, 0.29) is 53.5 Å². The second-order valence-electron chi connectivity index (χ2n) is 17.6. The molecule has 3 aliphatic heterocycles. The summed E-state index contributed by atoms with van der Waals surface area (Å²) in [4.78, 5) is 85.0. The largest absolute Gasteiger partial charge is 0.573 e. The Morgan fingerprint density at radius 1 is 0.925 bits per heavy atom. The molecule has 4 aromatic rings. The third-order valence-corrected chi connectivity index (χ3v) is 12.7. The first kappa shape index (κ1) is 48.2. The molecule has 3 N–H and O–H groups in total. The maximum absolute atomic E-state index is 13.8. The molecule has 0 spiro atoms. The van der Waals surface area contributed by atoms with Gasteiger partial charge in [-0.05, 0) is 86.9 Å². The molecule has 4 atom stereocenters. The Hall–Kier alpha value is -6.70. The molecule has 3 saturated heterocycles. The summed E-state index contributed by atoms with van der Waals surface area (Å²) in [6, 6.07) is 12.6. The molecule has 0 saturated carbocycles. The second-order valence-corrected chi connectivity index (χ2v) is 17.6. The number of rotatable bonds is 13. The normalized spacial score (nSPS) is 20.2. The predicted octanol–water partition coefficient (Wildman–Crippen LogP) is 6.40. The molecule has 67 heavy (non-hydrogen) atoms. The number of nitrogens with zero attached hydrogens (tertiary/aromatic N) is 6. The predicted molar refractivity (Wildman–Crippen MR) is 241 cm³/mol. The van der Waals surface area contributed by atoms with Crippen LogP contribution in [0.25, 0.3) is 22.4 Å². The number of aromatic amines is 1. The number of alkyl halides is 3. The summed E-state index contributed by atoms with van der Waals surface area (Å²) in [5.74, 6) is -0.823. The van der Waals surface area contributed by atoms with Crippen LogP contribution in [0.2, 0.25) is 0 Å². The van der Waals surface area contributed by atoms with Crippen molar-refractivity contribution in [1.82, 2.24) is 35.0 Å². The first-order chi connectivity index (χ1) is 31.9. The van der Waals surface area contributed by atoms with Gasteiger partial charge in [-0.3, -0.25) is 19.2 Å². The van der Waals surface area contributed by atoms with Gasteiger partial charge in [0.1, 0.15) is 35.6 Å². The molecular formula is C47H56F3N9O8. The van der Waals surface area contributed by atoms with Gasteiger partial charge in [0.15, 0.2) is 0 Å². The summed E-state index contributed by atoms with van der Waals surface area (Å²) in [5, 5.41) is 5.33. The van der Waals surface area contributed by atoms with Crippen molar-refractivity contribution in [1.29, 1.82) is 0 Å². The summed E-state index contributed by atoms with van der Waals surface area (Å²) in [7, 11) is 2.69. The van der Waals surface area contributed by atoms with Crippen molar-refractivity contribution in [2.24, 2.45) is 5.92 Å². The van der Waals surface area contributed by atoms with E-state index in [4.69, 9.17) is 9.47 Å². The molecule has 20 heteroatoms. The minimum absolute atomic E-state index is 0.0817. The average Bonchev–Trinajstić information content (AvgIpc) is 4.08. The van der Waals surface area contributed by atoms with Gasteiger partial charge in [0, 0.05) is 57.0 Å². The van der Waals surface area contributed by atoms with Gasteiger partial charge >= 0.3 is 12.5 Å². The molecule has 7 rings (SSSR count). The highest BCUT2D eigenvalue weighted by atomic mass is 19.4. The Morgan fingerprint density at radius 2 is 1.67 bits per heavy atom. The zero-order chi connectivity index (χ0) is 48.2. The number of methoxy groups -OCH3 is 2. The summed E-state index contributed by atoms with van der Waals surface area (Å²) < 4.78 is 55.5. The van der Waals surface area contributed by atoms with E-state index in [1.807, 2.05) is 32.6 Å². The van der Waals surface area contributed by atoms with Crippen LogP contribution in [0.1, 0.15) is 75.6 Å². The average molecular weight is 932 g/mol. The van der Waals surface area contributed by atoms with Crippen molar-refractivity contribution in [2.75, 3.05) is 63.8 Å². The summed E-state index contributed by atoms with van der Waals surface area (Å²) in [6.45, 7) is 9.67. The van der Waals surface area contributed by atoms with Gasteiger partial charge in [0.2, 0.25) is 17.7 Å². The van der Waals surface area contributed by atoms with Gasteiger partial charge in [-0.25, -0.2) is 14.8 Å². The van der Waals surface area contributed by atoms with E-state index in [0.717, 1.165) is 18.9 Å². The molecule has 2 aromatic carbocycles. The van der Waals surface area contributed by atoms with Crippen LogP contribution in [0, 0.1) is 5.92 Å². The number of benzene rings is 2. The van der Waals surface area contributed by atoms with Crippen molar-refractivity contribution in [2.45, 2.75) is 83.4 Å². The van der Waals surface area contributed by atoms with Gasteiger partial charge in [-0.15, -0.1) is 13.2 Å². The molecule has 5 amide bonds. The fraction of sp³-hybridized carbons (Fsp3) is 0.468. The van der Waals surface area contributed by atoms with Gasteiger partial charge in [0.25, 0.3) is 5.91 Å². The highest BCUT2D eigenvalue weighted by Gasteiger charge is 2.48. The van der Waals surface area contributed by atoms with Gasteiger partial charge < -0.3 is 49.4 Å². The molecule has 0 aliphatic carbocycles. The molecule has 3 fully saturated rings. The number of H-pyrrole nitrogens is 1. The minimum Gasteiger partial charge on any atom is -0.453 e. The molecule has 358 valence electrons. The van der Waals surface area contributed by atoms with Gasteiger partial charge in [-0.2, -0.15) is 0 Å². The van der Waals surface area contributed by atoms with E-state index in [1.165, 1.54) is 32.5 Å². The number of aromatic nitrogens is 3. The number of hydrogen-bond acceptors (Lipinski definition) is 11. The van der Waals surface area contributed by atoms with E-state index in [0.29, 0.717) is 79.7 Å². The maximum atomic E-state index is 13.8. The van der Waals surface area contributed by atoms with E-state index < -0.39 is 35.7 Å². The number of carbonyl (C=O) groups excluding carboxylic acids is 5. The maximum Gasteiger partial charge on any atom is 0.573 e. The Kier molecular flexibility index (Phi) is 14.4. The fourth-order valence-electron chi connectivity index (χ4n) is 9.23. The lowest BCUT2D eigenvalue weighted by Crippen LogP contribution is -2.62. The second kappa shape index (κ2) is 20.0. The summed E-state index contributed by atoms with van der Waals surface area (Å²) >= 11 is 0. The monoisotopic (exact) mass is 931 g/mol. The van der Waals surface area contributed by atoms with E-state index in [1.54, 1.807) is 57.3 Å². The van der Waals surface area contributed by atoms with Gasteiger partial charge in [-0.1, -0.05) is 38.1 Å². The first-order valence-electron chi connectivity index (χ1n) is 22.2. The Labute approximate surface area is 386 Å². The van der Waals surface area contributed by atoms with Crippen molar-refractivity contribution in [3.05, 3.63) is 78.4 Å². The zero-order valence-electron chi connectivity index (χ0n) is 38.3. The smallest absolute Gasteiger partial charge is 0.453 e. The lowest BCUT2D eigenvalue weighted by atomic mass is 9.95. The molecule has 2 aromatic heterocycles. The number of halogens is 3. The number of imidazole rings is 1. The van der Waals surface area contributed by atoms with Crippen LogP contribution in [0.3, 0.4) is 0 Å². The van der Waals surface area contributed by atoms with E-state index >= 15 is 0 Å². The Balaban J connectivity index is 0.997. The van der Waals surface area contributed by atoms with Crippen LogP contribution in [0.5, 0.6) is 5.75 Å². The van der Waals surface area contributed by atoms with E-state index in [2.05, 4.69) is 30.3 Å². The minimum atomic E-state index is -5.05. The van der Waals surface area contributed by atoms with Crippen LogP contribution in [-0.4, -0.2) is 137 Å². The topological polar surface area (TPSA) is 192 Å². The molecular weight excluding hydrogens is 876 g/mol. The number of anilines is 2. The van der Waals surface area contributed by atoms with Crippen molar-refractivity contribution < 1.29 is 51.4 Å². The number of carbonyl (C=O) groups is 5. The van der Waals surface area contributed by atoms with Crippen LogP contribution in [-0.2, 0) is 23.9 Å². The van der Waals surface area contributed by atoms with Crippen molar-refractivity contribution >= 4 is 41.2 Å². The van der Waals surface area contributed by atoms with Crippen LogP contribution in [0.4, 0.5) is 29.5 Å². The lowest BCUT2D eigenvalue weighted by Gasteiger charge is -2.44. The number of piperazine rings is 1. The number of pyridine rings is 1. The number of likely N-dealkylation sites (tertiary alicyclic amines) is 2. The number of nitrogens with one attached hydrogen (secondary N) is 3. The molecule has 0 radical (unpaired) electrons. The van der Waals surface area contributed by atoms with Crippen LogP contribution in [0.15, 0.2) is 67.0 Å². The van der Waals surface area contributed by atoms with Crippen LogP contribution >= 0.6 is 0 Å². The molecule has 3 aliphatic rings. The van der Waals surface area contributed by atoms with Crippen molar-refractivity contribution in [3.63, 3.8) is 0 Å². The number of alkyl carbamates (subject to hydrolysis) is 1. The number of ether oxygens (including phenoxy) is 3. The van der Waals surface area contributed by atoms with Gasteiger partial charge in [0.05, 0.1) is 36.9 Å². The highest BCUT2D eigenvalue weighted by molar-refractivity contribution is 6.05. The quantitative estimate of drug-likeness (QED) is 0.135. The third-order valence-electron chi connectivity index (χ3n) is 12.7. The zero-order valence-corrected chi connectivity index (χ0v) is 38.3. The Bertz CT molecular complexity index is 2450. The van der Waals surface area contributed by atoms with Crippen LogP contribution < -0.4 is 20.3 Å². The number of hydrogen-bond donors (Lipinski definition) is 3. The SMILES string of the molecule is COCC(=O)N1CCCC1(C)C(=O)N1CCN(c2ccc(NC(=O)c3ccc(-c4ccc(-c5cnc(C6CCCN6C(=O)C(NC(=O)OC)C(C)C)[nH]5)cc4)c(OC(F)(F)F)c3)cn2)C(C)C1. The molecule has 5 heterocycles. The lowest BCUT2D eigenvalue weighted by molar-refractivity contribution is -0.274. The standard InChI is InChI=1S/C47H56F3N9O8/c1-28(2)40(55-45(64)66-6)43(62)58-19-7-9-36(58)41-52-25-35(54-41)31-12-10-30(11-13-31)34-16-14-32(23-37(34)67-47(48,49)50)42(61)53-33-15-17-38(51-24-33)57-22-21-56(26-29(57)3)44(63)46(4)18-8-20-59(46)39(60)27-65-5/h10-17,23-25,28-29,36,40H,7-9,18-22,26-27H2,1-6H3,(H,52,54)(H,53,61)(H,55,64). The highest BCUT2D eigenvalue weighted by Crippen LogP contribution is 2.38. The summed E-state index contributed by atoms with van der Waals surface area (Å²) in [6.07, 6.45) is 0.0312. The molecule has 4 unspecified atom stereocenters. The molecule has 0 bridgehead atoms. The molecule has 17 nitrogen and oxygen atoms in total. The van der Waals surface area contributed by atoms with Crippen molar-refractivity contribution in [3.8, 4) is 28.1 Å². The summed E-state index contributed by atoms with van der Waals surface area (Å²) in [5.41, 5.74) is 1.09. The number of amides is 5. The van der Waals surface area contributed by atoms with E-state index in [9.17, 15) is 37.1 Å². The third kappa shape index (κ3) is 10.6.